The van der Waals surface area contributed by atoms with Crippen LogP contribution in [0.4, 0.5) is 16.2 Å². The molecule has 2 amide bonds. The van der Waals surface area contributed by atoms with Crippen molar-refractivity contribution in [3.63, 3.8) is 0 Å². The van der Waals surface area contributed by atoms with Crippen molar-refractivity contribution in [3.05, 3.63) is 59.7 Å². The smallest absolute Gasteiger partial charge is 0.319 e. The van der Waals surface area contributed by atoms with Crippen LogP contribution in [0.3, 0.4) is 0 Å². The van der Waals surface area contributed by atoms with Crippen molar-refractivity contribution < 1.29 is 9.90 Å². The van der Waals surface area contributed by atoms with Crippen LogP contribution in [0.25, 0.3) is 0 Å². The second-order valence-electron chi connectivity index (χ2n) is 8.41. The number of benzene rings is 2. The molecule has 0 unspecified atom stereocenters. The Morgan fingerprint density at radius 3 is 2.47 bits per heavy atom. The van der Waals surface area contributed by atoms with Crippen molar-refractivity contribution in [2.24, 2.45) is 5.92 Å². The number of carbonyl (C=O) groups excluding carboxylic acids is 1. The van der Waals surface area contributed by atoms with Crippen LogP contribution in [0.5, 0.6) is 0 Å². The highest BCUT2D eigenvalue weighted by molar-refractivity contribution is 5.90. The fraction of sp³-hybridized carbons (Fsp3) is 0.458. The highest BCUT2D eigenvalue weighted by Crippen LogP contribution is 2.26. The predicted molar refractivity (Wildman–Crippen MR) is 123 cm³/mol. The number of nitrogens with zero attached hydrogens (tertiary/aromatic N) is 2. The standard InChI is InChI=1S/C24H34N4O2/c1-18-15-21(28-13-7-8-14-28)11-12-22(18)26-24(30)25-16-20(17-27(2)3)23(29)19-9-5-4-6-10-19/h4-6,9-12,15,20,23,29H,7-8,13-14,16-17H2,1-3H3,(H2,25,26,30)/t20-,23+/m1/s1. The van der Waals surface area contributed by atoms with E-state index < -0.39 is 6.10 Å². The highest BCUT2D eigenvalue weighted by Gasteiger charge is 2.22. The lowest BCUT2D eigenvalue weighted by Crippen LogP contribution is -2.39. The summed E-state index contributed by atoms with van der Waals surface area (Å²) in [7, 11) is 3.94. The molecule has 0 spiro atoms. The summed E-state index contributed by atoms with van der Waals surface area (Å²) in [5.74, 6) is -0.119. The van der Waals surface area contributed by atoms with Crippen molar-refractivity contribution in [1.82, 2.24) is 10.2 Å². The zero-order valence-electron chi connectivity index (χ0n) is 18.3. The summed E-state index contributed by atoms with van der Waals surface area (Å²) in [5.41, 5.74) is 3.93. The summed E-state index contributed by atoms with van der Waals surface area (Å²) in [6.07, 6.45) is 1.84. The molecule has 1 fully saturated rings. The molecule has 0 radical (unpaired) electrons. The van der Waals surface area contributed by atoms with E-state index in [-0.39, 0.29) is 11.9 Å². The molecule has 3 rings (SSSR count). The molecule has 1 aliphatic heterocycles. The van der Waals surface area contributed by atoms with E-state index in [1.807, 2.05) is 62.3 Å². The number of aliphatic hydroxyl groups excluding tert-OH is 1. The van der Waals surface area contributed by atoms with Gasteiger partial charge in [0.15, 0.2) is 0 Å². The van der Waals surface area contributed by atoms with Gasteiger partial charge in [0.05, 0.1) is 6.10 Å². The molecule has 0 bridgehead atoms. The Labute approximate surface area is 179 Å². The normalized spacial score (nSPS) is 15.8. The lowest BCUT2D eigenvalue weighted by Gasteiger charge is -2.26. The maximum atomic E-state index is 12.5. The summed E-state index contributed by atoms with van der Waals surface area (Å²) < 4.78 is 0. The molecule has 30 heavy (non-hydrogen) atoms. The highest BCUT2D eigenvalue weighted by atomic mass is 16.3. The van der Waals surface area contributed by atoms with E-state index >= 15 is 0 Å². The summed E-state index contributed by atoms with van der Waals surface area (Å²) >= 11 is 0. The minimum Gasteiger partial charge on any atom is -0.388 e. The predicted octanol–water partition coefficient (Wildman–Crippen LogP) is 3.63. The maximum absolute atomic E-state index is 12.5. The minimum absolute atomic E-state index is 0.119. The van der Waals surface area contributed by atoms with Gasteiger partial charge in [-0.1, -0.05) is 30.3 Å². The van der Waals surface area contributed by atoms with Gasteiger partial charge >= 0.3 is 6.03 Å². The van der Waals surface area contributed by atoms with Crippen molar-refractivity contribution in [3.8, 4) is 0 Å². The molecule has 0 aliphatic carbocycles. The first-order valence-electron chi connectivity index (χ1n) is 10.7. The van der Waals surface area contributed by atoms with Crippen molar-refractivity contribution in [1.29, 1.82) is 0 Å². The molecular formula is C24H34N4O2. The number of hydrogen-bond donors (Lipinski definition) is 3. The molecule has 2 aromatic rings. The van der Waals surface area contributed by atoms with Gasteiger partial charge in [-0.2, -0.15) is 0 Å². The van der Waals surface area contributed by atoms with Crippen LogP contribution in [0.15, 0.2) is 48.5 Å². The van der Waals surface area contributed by atoms with Gasteiger partial charge in [0.2, 0.25) is 0 Å². The molecule has 3 N–H and O–H groups in total. The third-order valence-electron chi connectivity index (χ3n) is 5.64. The summed E-state index contributed by atoms with van der Waals surface area (Å²) in [4.78, 5) is 16.9. The van der Waals surface area contributed by atoms with Crippen LogP contribution in [-0.2, 0) is 0 Å². The average Bonchev–Trinajstić information content (AvgIpc) is 3.27. The van der Waals surface area contributed by atoms with Gasteiger partial charge in [0, 0.05) is 43.5 Å². The third kappa shape index (κ3) is 5.97. The second kappa shape index (κ2) is 10.5. The molecule has 2 aromatic carbocycles. The first-order chi connectivity index (χ1) is 14.4. The van der Waals surface area contributed by atoms with Gasteiger partial charge in [0.1, 0.15) is 0 Å². The summed E-state index contributed by atoms with van der Waals surface area (Å²) in [5, 5.41) is 16.7. The number of rotatable bonds is 8. The number of nitrogens with one attached hydrogen (secondary N) is 2. The number of hydrogen-bond acceptors (Lipinski definition) is 4. The number of carbonyl (C=O) groups is 1. The Morgan fingerprint density at radius 1 is 1.13 bits per heavy atom. The third-order valence-corrected chi connectivity index (χ3v) is 5.64. The lowest BCUT2D eigenvalue weighted by molar-refractivity contribution is 0.0911. The Hall–Kier alpha value is -2.57. The molecule has 0 saturated carbocycles. The fourth-order valence-corrected chi connectivity index (χ4v) is 4.02. The maximum Gasteiger partial charge on any atom is 0.319 e. The lowest BCUT2D eigenvalue weighted by atomic mass is 9.95. The molecular weight excluding hydrogens is 376 g/mol. The molecule has 1 aliphatic rings. The van der Waals surface area contributed by atoms with Gasteiger partial charge in [0.25, 0.3) is 0 Å². The SMILES string of the molecule is Cc1cc(N2CCCC2)ccc1NC(=O)NC[C@H](CN(C)C)[C@@H](O)c1ccccc1. The van der Waals surface area contributed by atoms with Crippen molar-refractivity contribution in [2.45, 2.75) is 25.9 Å². The summed E-state index contributed by atoms with van der Waals surface area (Å²) in [6, 6.07) is 15.5. The number of aliphatic hydroxyl groups is 1. The van der Waals surface area contributed by atoms with Gasteiger partial charge < -0.3 is 25.5 Å². The number of amides is 2. The molecule has 6 heteroatoms. The molecule has 6 nitrogen and oxygen atoms in total. The average molecular weight is 411 g/mol. The van der Waals surface area contributed by atoms with Crippen LogP contribution in [0.1, 0.15) is 30.1 Å². The monoisotopic (exact) mass is 410 g/mol. The number of anilines is 2. The van der Waals surface area contributed by atoms with E-state index in [1.54, 1.807) is 0 Å². The van der Waals surface area contributed by atoms with Crippen molar-refractivity contribution in [2.75, 3.05) is 50.5 Å². The second-order valence-corrected chi connectivity index (χ2v) is 8.41. The zero-order chi connectivity index (χ0) is 21.5. The number of urea groups is 1. The Balaban J connectivity index is 1.58. The van der Waals surface area contributed by atoms with Crippen molar-refractivity contribution >= 4 is 17.4 Å². The molecule has 0 aromatic heterocycles. The van der Waals surface area contributed by atoms with Crippen LogP contribution in [0.2, 0.25) is 0 Å². The molecule has 1 heterocycles. The van der Waals surface area contributed by atoms with Gasteiger partial charge in [-0.3, -0.25) is 0 Å². The van der Waals surface area contributed by atoms with E-state index in [2.05, 4.69) is 27.7 Å². The Bertz CT molecular complexity index is 819. The van der Waals surface area contributed by atoms with Crippen LogP contribution in [-0.4, -0.2) is 56.3 Å². The van der Waals surface area contributed by atoms with Gasteiger partial charge in [-0.15, -0.1) is 0 Å². The summed E-state index contributed by atoms with van der Waals surface area (Å²) in [6.45, 7) is 5.27. The first kappa shape index (κ1) is 22.1. The van der Waals surface area contributed by atoms with E-state index in [0.717, 1.165) is 29.9 Å². The van der Waals surface area contributed by atoms with Gasteiger partial charge in [-0.05, 0) is 63.2 Å². The molecule has 162 valence electrons. The van der Waals surface area contributed by atoms with Crippen LogP contribution < -0.4 is 15.5 Å². The topological polar surface area (TPSA) is 67.8 Å². The van der Waals surface area contributed by atoms with E-state index in [0.29, 0.717) is 13.1 Å². The largest absolute Gasteiger partial charge is 0.388 e. The Kier molecular flexibility index (Phi) is 7.71. The van der Waals surface area contributed by atoms with Crippen LogP contribution >= 0.6 is 0 Å². The minimum atomic E-state index is -0.643. The Morgan fingerprint density at radius 2 is 1.83 bits per heavy atom. The fourth-order valence-electron chi connectivity index (χ4n) is 4.02. The zero-order valence-corrected chi connectivity index (χ0v) is 18.3. The number of aryl methyl sites for hydroxylation is 1. The van der Waals surface area contributed by atoms with E-state index in [9.17, 15) is 9.90 Å². The van der Waals surface area contributed by atoms with E-state index in [4.69, 9.17) is 0 Å². The molecule has 1 saturated heterocycles. The van der Waals surface area contributed by atoms with Crippen LogP contribution in [0, 0.1) is 12.8 Å². The quantitative estimate of drug-likeness (QED) is 0.622. The first-order valence-corrected chi connectivity index (χ1v) is 10.7. The van der Waals surface area contributed by atoms with Gasteiger partial charge in [-0.25, -0.2) is 4.79 Å². The van der Waals surface area contributed by atoms with E-state index in [1.165, 1.54) is 18.5 Å². The molecule has 2 atom stereocenters.